The quantitative estimate of drug-likeness (QED) is 0.773. The summed E-state index contributed by atoms with van der Waals surface area (Å²) in [7, 11) is 0. The molecular formula is C15H13O2Te+. The van der Waals surface area contributed by atoms with Crippen LogP contribution in [0.4, 0.5) is 0 Å². The van der Waals surface area contributed by atoms with Gasteiger partial charge >= 0.3 is 114 Å². The van der Waals surface area contributed by atoms with Crippen LogP contribution in [0.2, 0.25) is 4.47 Å². The average Bonchev–Trinajstić information content (AvgIpc) is 2.38. The van der Waals surface area contributed by atoms with Gasteiger partial charge in [0.2, 0.25) is 0 Å². The van der Waals surface area contributed by atoms with Crippen LogP contribution in [0.25, 0.3) is 0 Å². The molecule has 2 aromatic rings. The minimum absolute atomic E-state index is 0.276. The number of ketones is 1. The molecule has 0 unspecified atom stereocenters. The minimum atomic E-state index is -1.81. The van der Waals surface area contributed by atoms with Crippen molar-refractivity contribution in [2.75, 3.05) is 0 Å². The van der Waals surface area contributed by atoms with Crippen LogP contribution in [0.15, 0.2) is 48.5 Å². The SMILES string of the molecule is CC(=O)C[Te+]1c2ccccc2Oc2ccccc21. The Morgan fingerprint density at radius 2 is 1.50 bits per heavy atom. The molecule has 0 spiro atoms. The fraction of sp³-hybridized carbons (Fsp3) is 0.133. The van der Waals surface area contributed by atoms with E-state index in [1.54, 1.807) is 6.92 Å². The standard InChI is InChI=1S/C15H13O2Te/c1-11(16)10-18-14-8-4-2-6-12(14)17-13-7-3-5-9-15(13)18/h2-9H,10H2,1H3/q+1. The van der Waals surface area contributed by atoms with Gasteiger partial charge in [0.15, 0.2) is 0 Å². The van der Waals surface area contributed by atoms with Crippen LogP contribution in [0.3, 0.4) is 0 Å². The molecule has 0 atom stereocenters. The third-order valence-corrected chi connectivity index (χ3v) is 9.74. The van der Waals surface area contributed by atoms with E-state index in [2.05, 4.69) is 12.1 Å². The number of Topliss-reactive ketones (excluding diaryl/α,β-unsaturated/α-hetero) is 1. The molecule has 0 aliphatic carbocycles. The summed E-state index contributed by atoms with van der Waals surface area (Å²) < 4.78 is 9.16. The maximum absolute atomic E-state index is 11.5. The van der Waals surface area contributed by atoms with E-state index in [-0.39, 0.29) is 5.78 Å². The van der Waals surface area contributed by atoms with Crippen molar-refractivity contribution in [3.63, 3.8) is 0 Å². The number of hydrogen-bond donors (Lipinski definition) is 0. The molecule has 3 rings (SSSR count). The zero-order valence-corrected chi connectivity index (χ0v) is 12.4. The van der Waals surface area contributed by atoms with Gasteiger partial charge in [-0.2, -0.15) is 0 Å². The Labute approximate surface area is 113 Å². The van der Waals surface area contributed by atoms with Crippen molar-refractivity contribution in [3.8, 4) is 11.5 Å². The second-order valence-electron chi connectivity index (χ2n) is 4.23. The Kier molecular flexibility index (Phi) is 3.11. The first kappa shape index (κ1) is 11.8. The molecule has 1 heterocycles. The van der Waals surface area contributed by atoms with E-state index in [9.17, 15) is 4.79 Å². The Morgan fingerprint density at radius 3 is 2.00 bits per heavy atom. The Hall–Kier alpha value is -1.30. The number of carbonyl (C=O) groups excluding carboxylic acids is 1. The zero-order valence-electron chi connectivity index (χ0n) is 10.1. The summed E-state index contributed by atoms with van der Waals surface area (Å²) in [5, 5.41) is 0. The van der Waals surface area contributed by atoms with Gasteiger partial charge in [0, 0.05) is 0 Å². The topological polar surface area (TPSA) is 26.3 Å². The van der Waals surface area contributed by atoms with Gasteiger partial charge in [0.25, 0.3) is 0 Å². The number of hydrogen-bond acceptors (Lipinski definition) is 2. The van der Waals surface area contributed by atoms with Crippen LogP contribution in [0.5, 0.6) is 11.5 Å². The van der Waals surface area contributed by atoms with E-state index in [0.29, 0.717) is 4.47 Å². The summed E-state index contributed by atoms with van der Waals surface area (Å²) in [4.78, 5) is 11.5. The van der Waals surface area contributed by atoms with Gasteiger partial charge in [-0.3, -0.25) is 0 Å². The molecule has 90 valence electrons. The van der Waals surface area contributed by atoms with Gasteiger partial charge in [0.1, 0.15) is 0 Å². The zero-order chi connectivity index (χ0) is 12.5. The molecule has 3 heteroatoms. The van der Waals surface area contributed by atoms with Crippen LogP contribution < -0.4 is 12.0 Å². The number of fused-ring (bicyclic) bond motifs is 2. The van der Waals surface area contributed by atoms with E-state index in [1.807, 2.05) is 36.4 Å². The second kappa shape index (κ2) is 4.76. The Balaban J connectivity index is 2.14. The number of benzene rings is 2. The van der Waals surface area contributed by atoms with Crippen molar-refractivity contribution < 1.29 is 9.53 Å². The van der Waals surface area contributed by atoms with Gasteiger partial charge in [-0.25, -0.2) is 0 Å². The van der Waals surface area contributed by atoms with Crippen LogP contribution in [0.1, 0.15) is 6.92 Å². The summed E-state index contributed by atoms with van der Waals surface area (Å²) in [5.74, 6) is 2.15. The molecule has 0 saturated carbocycles. The van der Waals surface area contributed by atoms with E-state index >= 15 is 0 Å². The summed E-state index contributed by atoms with van der Waals surface area (Å²) in [5.41, 5.74) is 0. The van der Waals surface area contributed by atoms with Gasteiger partial charge < -0.3 is 0 Å². The van der Waals surface area contributed by atoms with Gasteiger partial charge in [0.05, 0.1) is 0 Å². The molecule has 18 heavy (non-hydrogen) atoms. The summed E-state index contributed by atoms with van der Waals surface area (Å²) >= 11 is -1.81. The first-order valence-electron chi connectivity index (χ1n) is 5.82. The third-order valence-electron chi connectivity index (χ3n) is 2.80. The second-order valence-corrected chi connectivity index (χ2v) is 9.80. The normalized spacial score (nSPS) is 13.4. The van der Waals surface area contributed by atoms with E-state index in [0.717, 1.165) is 11.5 Å². The number of carbonyl (C=O) groups is 1. The molecule has 0 amide bonds. The molecule has 0 radical (unpaired) electrons. The fourth-order valence-corrected chi connectivity index (χ4v) is 8.19. The number of rotatable bonds is 2. The van der Waals surface area contributed by atoms with Crippen molar-refractivity contribution in [2.45, 2.75) is 11.4 Å². The molecule has 1 aliphatic rings. The van der Waals surface area contributed by atoms with Gasteiger partial charge in [-0.05, 0) is 0 Å². The number of ether oxygens (including phenoxy) is 1. The maximum atomic E-state index is 11.5. The first-order chi connectivity index (χ1) is 8.75. The van der Waals surface area contributed by atoms with Crippen LogP contribution in [0, 0.1) is 0 Å². The fourth-order valence-electron chi connectivity index (χ4n) is 2.07. The molecule has 0 saturated heterocycles. The predicted molar refractivity (Wildman–Crippen MR) is 73.5 cm³/mol. The molecule has 0 N–H and O–H groups in total. The van der Waals surface area contributed by atoms with Crippen LogP contribution in [-0.2, 0) is 4.79 Å². The van der Waals surface area contributed by atoms with E-state index in [1.165, 1.54) is 7.22 Å². The van der Waals surface area contributed by atoms with Crippen LogP contribution >= 0.6 is 0 Å². The summed E-state index contributed by atoms with van der Waals surface area (Å²) in [6.07, 6.45) is 0. The molecule has 1 aliphatic heterocycles. The molecule has 0 fully saturated rings. The average molecular weight is 353 g/mol. The molecule has 2 nitrogen and oxygen atoms in total. The summed E-state index contributed by atoms with van der Waals surface area (Å²) in [6, 6.07) is 16.3. The van der Waals surface area contributed by atoms with E-state index < -0.39 is 19.6 Å². The first-order valence-corrected chi connectivity index (χ1v) is 9.80. The van der Waals surface area contributed by atoms with Crippen molar-refractivity contribution in [1.29, 1.82) is 0 Å². The number of para-hydroxylation sites is 2. The predicted octanol–water partition coefficient (Wildman–Crippen LogP) is 1.99. The van der Waals surface area contributed by atoms with Crippen LogP contribution in [-0.4, -0.2) is 25.3 Å². The molecule has 0 bridgehead atoms. The molecule has 2 aromatic carbocycles. The third kappa shape index (κ3) is 2.05. The monoisotopic (exact) mass is 355 g/mol. The Bertz CT molecular complexity index is 561. The van der Waals surface area contributed by atoms with Crippen molar-refractivity contribution in [2.24, 2.45) is 0 Å². The molecule has 0 aromatic heterocycles. The summed E-state index contributed by atoms with van der Waals surface area (Å²) in [6.45, 7) is 1.68. The van der Waals surface area contributed by atoms with Gasteiger partial charge in [-0.1, -0.05) is 0 Å². The van der Waals surface area contributed by atoms with Crippen molar-refractivity contribution in [3.05, 3.63) is 48.5 Å². The van der Waals surface area contributed by atoms with Crippen molar-refractivity contribution in [1.82, 2.24) is 0 Å². The van der Waals surface area contributed by atoms with E-state index in [4.69, 9.17) is 4.74 Å². The van der Waals surface area contributed by atoms with Gasteiger partial charge in [-0.15, -0.1) is 0 Å². The van der Waals surface area contributed by atoms with Crippen molar-refractivity contribution >= 4 is 32.6 Å². The Morgan fingerprint density at radius 1 is 1.00 bits per heavy atom. The molecular weight excluding hydrogens is 340 g/mol.